The zero-order chi connectivity index (χ0) is 23.7. The summed E-state index contributed by atoms with van der Waals surface area (Å²) in [6.07, 6.45) is 0. The monoisotopic (exact) mass is 453 g/mol. The van der Waals surface area contributed by atoms with Gasteiger partial charge in [0.15, 0.2) is 11.4 Å². The highest BCUT2D eigenvalue weighted by molar-refractivity contribution is 6.07. The Hall–Kier alpha value is -4.46. The van der Waals surface area contributed by atoms with Gasteiger partial charge in [-0.15, -0.1) is 0 Å². The second-order valence-corrected chi connectivity index (χ2v) is 7.92. The van der Waals surface area contributed by atoms with Crippen LogP contribution >= 0.6 is 0 Å². The van der Waals surface area contributed by atoms with E-state index in [1.54, 1.807) is 11.8 Å². The average molecular weight is 454 g/mol. The molecule has 3 heterocycles. The molecule has 8 heteroatoms. The first-order chi connectivity index (χ1) is 16.5. The minimum absolute atomic E-state index is 0.194. The second kappa shape index (κ2) is 8.82. The quantitative estimate of drug-likeness (QED) is 0.406. The predicted octanol–water partition coefficient (Wildman–Crippen LogP) is 4.54. The van der Waals surface area contributed by atoms with Crippen LogP contribution in [0.1, 0.15) is 21.8 Å². The molecule has 1 N–H and O–H groups in total. The molecule has 0 fully saturated rings. The summed E-state index contributed by atoms with van der Waals surface area (Å²) in [5, 5.41) is 12.3. The van der Waals surface area contributed by atoms with Crippen LogP contribution in [0.4, 0.5) is 0 Å². The van der Waals surface area contributed by atoms with Gasteiger partial charge in [-0.1, -0.05) is 47.6 Å². The number of amides is 1. The van der Waals surface area contributed by atoms with Crippen molar-refractivity contribution in [2.24, 2.45) is 7.05 Å². The molecule has 0 radical (unpaired) electrons. The summed E-state index contributed by atoms with van der Waals surface area (Å²) >= 11 is 0. The number of benzene rings is 2. The molecule has 0 unspecified atom stereocenters. The number of hydrogen-bond acceptors (Lipinski definition) is 6. The standard InChI is InChI=1S/C26H23N5O3/c1-16-24-21(14-22(17-8-5-4-6-9-17)28-25(24)31(2)29-16)26(32)27-15-20-13-23(30-34-20)18-10-7-11-19(12-18)33-3/h4-14H,15H2,1-3H3,(H,27,32). The number of carbonyl (C=O) groups is 1. The highest BCUT2D eigenvalue weighted by Gasteiger charge is 2.19. The van der Waals surface area contributed by atoms with Crippen LogP contribution in [0.25, 0.3) is 33.5 Å². The number of fused-ring (bicyclic) bond motifs is 1. The molecule has 2 aromatic carbocycles. The first kappa shape index (κ1) is 21.4. The van der Waals surface area contributed by atoms with Crippen molar-refractivity contribution < 1.29 is 14.1 Å². The van der Waals surface area contributed by atoms with Crippen LogP contribution in [-0.2, 0) is 13.6 Å². The lowest BCUT2D eigenvalue weighted by molar-refractivity contribution is 0.0948. The van der Waals surface area contributed by atoms with E-state index in [9.17, 15) is 4.79 Å². The molecule has 0 spiro atoms. The van der Waals surface area contributed by atoms with Crippen molar-refractivity contribution in [3.05, 3.63) is 83.7 Å². The number of nitrogens with zero attached hydrogens (tertiary/aromatic N) is 4. The zero-order valence-corrected chi connectivity index (χ0v) is 19.1. The Bertz CT molecular complexity index is 1490. The molecular formula is C26H23N5O3. The molecule has 170 valence electrons. The number of nitrogens with one attached hydrogen (secondary N) is 1. The Morgan fingerprint density at radius 3 is 2.62 bits per heavy atom. The molecule has 3 aromatic heterocycles. The van der Waals surface area contributed by atoms with Gasteiger partial charge in [-0.2, -0.15) is 5.10 Å². The molecule has 0 aliphatic heterocycles. The Morgan fingerprint density at radius 2 is 1.82 bits per heavy atom. The molecule has 1 amide bonds. The normalized spacial score (nSPS) is 11.0. The number of rotatable bonds is 6. The molecule has 5 aromatic rings. The van der Waals surface area contributed by atoms with E-state index in [0.29, 0.717) is 28.4 Å². The molecule has 5 rings (SSSR count). The third-order valence-corrected chi connectivity index (χ3v) is 5.63. The number of pyridine rings is 1. The summed E-state index contributed by atoms with van der Waals surface area (Å²) in [4.78, 5) is 18.0. The van der Waals surface area contributed by atoms with Crippen LogP contribution < -0.4 is 10.1 Å². The number of hydrogen-bond donors (Lipinski definition) is 1. The Kier molecular flexibility index (Phi) is 5.55. The Morgan fingerprint density at radius 1 is 1.03 bits per heavy atom. The minimum atomic E-state index is -0.236. The van der Waals surface area contributed by atoms with Gasteiger partial charge < -0.3 is 14.6 Å². The van der Waals surface area contributed by atoms with E-state index in [4.69, 9.17) is 14.2 Å². The van der Waals surface area contributed by atoms with Gasteiger partial charge in [-0.3, -0.25) is 9.48 Å². The lowest BCUT2D eigenvalue weighted by Crippen LogP contribution is -2.23. The zero-order valence-electron chi connectivity index (χ0n) is 19.1. The lowest BCUT2D eigenvalue weighted by atomic mass is 10.0. The first-order valence-corrected chi connectivity index (χ1v) is 10.8. The Labute approximate surface area is 196 Å². The molecule has 34 heavy (non-hydrogen) atoms. The number of carbonyl (C=O) groups excluding carboxylic acids is 1. The highest BCUT2D eigenvalue weighted by atomic mass is 16.5. The maximum Gasteiger partial charge on any atom is 0.252 e. The fraction of sp³-hybridized carbons (Fsp3) is 0.154. The van der Waals surface area contributed by atoms with Crippen LogP contribution in [-0.4, -0.2) is 32.9 Å². The van der Waals surface area contributed by atoms with Crippen molar-refractivity contribution in [2.45, 2.75) is 13.5 Å². The summed E-state index contributed by atoms with van der Waals surface area (Å²) in [6.45, 7) is 2.07. The fourth-order valence-corrected chi connectivity index (χ4v) is 3.96. The van der Waals surface area contributed by atoms with Gasteiger partial charge in [0.2, 0.25) is 0 Å². The lowest BCUT2D eigenvalue weighted by Gasteiger charge is -2.08. The number of aromatic nitrogens is 4. The number of ether oxygens (including phenoxy) is 1. The van der Waals surface area contributed by atoms with Gasteiger partial charge in [-0.25, -0.2) is 4.98 Å². The van der Waals surface area contributed by atoms with Gasteiger partial charge in [-0.05, 0) is 25.1 Å². The number of methoxy groups -OCH3 is 1. The fourth-order valence-electron chi connectivity index (χ4n) is 3.96. The van der Waals surface area contributed by atoms with Crippen molar-refractivity contribution in [1.82, 2.24) is 25.2 Å². The molecule has 0 aliphatic rings. The van der Waals surface area contributed by atoms with E-state index in [0.717, 1.165) is 28.0 Å². The molecule has 8 nitrogen and oxygen atoms in total. The van der Waals surface area contributed by atoms with Crippen LogP contribution in [0.2, 0.25) is 0 Å². The molecule has 0 bridgehead atoms. The number of aryl methyl sites for hydroxylation is 2. The Balaban J connectivity index is 1.42. The third kappa shape index (κ3) is 4.01. The van der Waals surface area contributed by atoms with Gasteiger partial charge in [0.25, 0.3) is 5.91 Å². The topological polar surface area (TPSA) is 95.1 Å². The predicted molar refractivity (Wildman–Crippen MR) is 128 cm³/mol. The first-order valence-electron chi connectivity index (χ1n) is 10.8. The van der Waals surface area contributed by atoms with Crippen molar-refractivity contribution >= 4 is 16.9 Å². The SMILES string of the molecule is COc1cccc(-c2cc(CNC(=O)c3cc(-c4ccccc4)nc4c3c(C)nn4C)on2)c1. The van der Waals surface area contributed by atoms with Crippen molar-refractivity contribution in [3.8, 4) is 28.3 Å². The largest absolute Gasteiger partial charge is 0.497 e. The summed E-state index contributed by atoms with van der Waals surface area (Å²) in [6, 6.07) is 20.9. The second-order valence-electron chi connectivity index (χ2n) is 7.92. The van der Waals surface area contributed by atoms with Gasteiger partial charge in [0, 0.05) is 24.2 Å². The van der Waals surface area contributed by atoms with E-state index in [1.165, 1.54) is 0 Å². The summed E-state index contributed by atoms with van der Waals surface area (Å²) in [7, 11) is 3.44. The summed E-state index contributed by atoms with van der Waals surface area (Å²) in [5.74, 6) is 1.04. The van der Waals surface area contributed by atoms with Crippen LogP contribution in [0.5, 0.6) is 5.75 Å². The van der Waals surface area contributed by atoms with Gasteiger partial charge >= 0.3 is 0 Å². The smallest absolute Gasteiger partial charge is 0.252 e. The van der Waals surface area contributed by atoms with Crippen LogP contribution in [0, 0.1) is 6.92 Å². The van der Waals surface area contributed by atoms with Crippen molar-refractivity contribution in [2.75, 3.05) is 7.11 Å². The maximum atomic E-state index is 13.3. The van der Waals surface area contributed by atoms with E-state index in [-0.39, 0.29) is 12.5 Å². The van der Waals surface area contributed by atoms with Crippen molar-refractivity contribution in [3.63, 3.8) is 0 Å². The van der Waals surface area contributed by atoms with Crippen molar-refractivity contribution in [1.29, 1.82) is 0 Å². The van der Waals surface area contributed by atoms with E-state index >= 15 is 0 Å². The molecule has 0 saturated heterocycles. The van der Waals surface area contributed by atoms with E-state index < -0.39 is 0 Å². The molecule has 0 aliphatic carbocycles. The average Bonchev–Trinajstić information content (AvgIpc) is 3.47. The molecule has 0 saturated carbocycles. The van der Waals surface area contributed by atoms with Gasteiger partial charge in [0.1, 0.15) is 11.4 Å². The summed E-state index contributed by atoms with van der Waals surface area (Å²) in [5.41, 5.74) is 5.09. The maximum absolute atomic E-state index is 13.3. The summed E-state index contributed by atoms with van der Waals surface area (Å²) < 4.78 is 12.4. The third-order valence-electron chi connectivity index (χ3n) is 5.63. The minimum Gasteiger partial charge on any atom is -0.497 e. The van der Waals surface area contributed by atoms with E-state index in [2.05, 4.69) is 15.6 Å². The highest BCUT2D eigenvalue weighted by Crippen LogP contribution is 2.27. The molecule has 0 atom stereocenters. The molecular weight excluding hydrogens is 430 g/mol. The van der Waals surface area contributed by atoms with E-state index in [1.807, 2.05) is 80.7 Å². The van der Waals surface area contributed by atoms with Crippen LogP contribution in [0.15, 0.2) is 71.3 Å². The van der Waals surface area contributed by atoms with Gasteiger partial charge in [0.05, 0.1) is 36.0 Å². The van der Waals surface area contributed by atoms with Crippen LogP contribution in [0.3, 0.4) is 0 Å².